The summed E-state index contributed by atoms with van der Waals surface area (Å²) in [5.41, 5.74) is 1.74. The van der Waals surface area contributed by atoms with Crippen molar-refractivity contribution in [2.24, 2.45) is 0 Å². The smallest absolute Gasteiger partial charge is 0.198 e. The Morgan fingerprint density at radius 1 is 0.840 bits per heavy atom. The zero-order chi connectivity index (χ0) is 17.1. The summed E-state index contributed by atoms with van der Waals surface area (Å²) in [6.07, 6.45) is 0. The molecule has 0 atom stereocenters. The van der Waals surface area contributed by atoms with Gasteiger partial charge in [0.2, 0.25) is 0 Å². The number of hydrogen-bond acceptors (Lipinski definition) is 4. The second kappa shape index (κ2) is 8.28. The number of fused-ring (bicyclic) bond motifs is 2. The van der Waals surface area contributed by atoms with Crippen LogP contribution in [-0.2, 0) is 0 Å². The van der Waals surface area contributed by atoms with Crippen LogP contribution in [0.2, 0.25) is 0 Å². The molecular formula is C20H22ClNO3. The quantitative estimate of drug-likeness (QED) is 0.674. The molecule has 0 aromatic heterocycles. The molecule has 5 heteroatoms. The number of likely N-dealkylation sites (N-methyl/N-ethyl adjacent to an activating group) is 1. The highest BCUT2D eigenvalue weighted by Gasteiger charge is 2.31. The van der Waals surface area contributed by atoms with Crippen molar-refractivity contribution < 1.29 is 14.3 Å². The molecule has 132 valence electrons. The minimum absolute atomic E-state index is 0. The predicted octanol–water partition coefficient (Wildman–Crippen LogP) is 3.60. The molecule has 1 aliphatic rings. The summed E-state index contributed by atoms with van der Waals surface area (Å²) in [5.74, 6) is 0.237. The first kappa shape index (κ1) is 19.2. The molecule has 0 unspecified atom stereocenters. The van der Waals surface area contributed by atoms with Gasteiger partial charge in [-0.15, -0.1) is 12.4 Å². The van der Waals surface area contributed by atoms with Gasteiger partial charge in [-0.25, -0.2) is 0 Å². The average Bonchev–Trinajstić information content (AvgIpc) is 2.63. The van der Waals surface area contributed by atoms with E-state index in [4.69, 9.17) is 4.74 Å². The maximum absolute atomic E-state index is 12.8. The summed E-state index contributed by atoms with van der Waals surface area (Å²) in [7, 11) is 0. The third kappa shape index (κ3) is 3.60. The van der Waals surface area contributed by atoms with Gasteiger partial charge in [-0.05, 0) is 19.2 Å². The lowest BCUT2D eigenvalue weighted by molar-refractivity contribution is 0.0975. The van der Waals surface area contributed by atoms with Crippen LogP contribution in [0.4, 0.5) is 0 Å². The van der Waals surface area contributed by atoms with Gasteiger partial charge in [0.25, 0.3) is 0 Å². The van der Waals surface area contributed by atoms with Gasteiger partial charge < -0.3 is 9.64 Å². The fourth-order valence-electron chi connectivity index (χ4n) is 3.06. The first-order valence-electron chi connectivity index (χ1n) is 8.34. The van der Waals surface area contributed by atoms with E-state index in [9.17, 15) is 9.59 Å². The number of nitrogens with zero attached hydrogens (tertiary/aromatic N) is 1. The lowest BCUT2D eigenvalue weighted by atomic mass is 9.83. The van der Waals surface area contributed by atoms with Gasteiger partial charge in [-0.3, -0.25) is 9.59 Å². The number of carbonyl (C=O) groups is 2. The molecular weight excluding hydrogens is 338 g/mol. The van der Waals surface area contributed by atoms with E-state index in [1.54, 1.807) is 42.5 Å². The first-order chi connectivity index (χ1) is 11.7. The second-order valence-corrected chi connectivity index (χ2v) is 5.76. The van der Waals surface area contributed by atoms with Crippen molar-refractivity contribution in [3.8, 4) is 5.75 Å². The molecule has 0 bridgehead atoms. The Morgan fingerprint density at radius 2 is 1.44 bits per heavy atom. The van der Waals surface area contributed by atoms with E-state index in [1.165, 1.54) is 0 Å². The molecule has 1 aliphatic carbocycles. The van der Waals surface area contributed by atoms with Gasteiger partial charge in [-0.1, -0.05) is 50.2 Å². The SMILES string of the molecule is CCN(CC)CCOc1cccc2c1C(=O)c1ccccc1C2=O.Cl. The summed E-state index contributed by atoms with van der Waals surface area (Å²) in [5, 5.41) is 0. The molecule has 25 heavy (non-hydrogen) atoms. The highest BCUT2D eigenvalue weighted by Crippen LogP contribution is 2.33. The molecule has 0 aliphatic heterocycles. The molecule has 2 aromatic carbocycles. The fourth-order valence-corrected chi connectivity index (χ4v) is 3.06. The molecule has 4 nitrogen and oxygen atoms in total. The Bertz CT molecular complexity index is 784. The predicted molar refractivity (Wildman–Crippen MR) is 100 cm³/mol. The number of carbonyl (C=O) groups excluding carboxylic acids is 2. The van der Waals surface area contributed by atoms with Crippen molar-refractivity contribution in [3.63, 3.8) is 0 Å². The molecule has 0 radical (unpaired) electrons. The largest absolute Gasteiger partial charge is 0.491 e. The molecule has 0 fully saturated rings. The molecule has 0 saturated carbocycles. The van der Waals surface area contributed by atoms with Crippen LogP contribution in [0.3, 0.4) is 0 Å². The summed E-state index contributed by atoms with van der Waals surface area (Å²) in [6, 6.07) is 12.2. The highest BCUT2D eigenvalue weighted by atomic mass is 35.5. The van der Waals surface area contributed by atoms with Crippen LogP contribution in [0, 0.1) is 0 Å². The second-order valence-electron chi connectivity index (χ2n) is 5.76. The van der Waals surface area contributed by atoms with E-state index in [-0.39, 0.29) is 24.0 Å². The molecule has 0 N–H and O–H groups in total. The van der Waals surface area contributed by atoms with Crippen molar-refractivity contribution in [2.45, 2.75) is 13.8 Å². The van der Waals surface area contributed by atoms with E-state index in [0.717, 1.165) is 19.6 Å². The Morgan fingerprint density at radius 3 is 2.08 bits per heavy atom. The number of hydrogen-bond donors (Lipinski definition) is 0. The Balaban J connectivity index is 0.00000225. The average molecular weight is 360 g/mol. The maximum atomic E-state index is 12.8. The standard InChI is InChI=1S/C20H21NO3.ClH/c1-3-21(4-2)12-13-24-17-11-7-10-16-18(17)20(23)15-9-6-5-8-14(15)19(16)22;/h5-11H,3-4,12-13H2,1-2H3;1H. The molecule has 0 saturated heterocycles. The van der Waals surface area contributed by atoms with Crippen molar-refractivity contribution in [1.29, 1.82) is 0 Å². The molecule has 0 amide bonds. The van der Waals surface area contributed by atoms with E-state index >= 15 is 0 Å². The van der Waals surface area contributed by atoms with E-state index < -0.39 is 0 Å². The zero-order valence-corrected chi connectivity index (χ0v) is 15.3. The summed E-state index contributed by atoms with van der Waals surface area (Å²) in [6.45, 7) is 7.39. The van der Waals surface area contributed by atoms with Gasteiger partial charge in [0.1, 0.15) is 12.4 Å². The van der Waals surface area contributed by atoms with E-state index in [2.05, 4.69) is 18.7 Å². The summed E-state index contributed by atoms with van der Waals surface area (Å²) in [4.78, 5) is 27.8. The first-order valence-corrected chi connectivity index (χ1v) is 8.34. The minimum atomic E-state index is -0.140. The number of ketones is 2. The molecule has 2 aromatic rings. The normalized spacial score (nSPS) is 12.4. The Kier molecular flexibility index (Phi) is 6.34. The number of halogens is 1. The molecule has 0 spiro atoms. The van der Waals surface area contributed by atoms with Crippen LogP contribution in [0.25, 0.3) is 0 Å². The van der Waals surface area contributed by atoms with Gasteiger partial charge >= 0.3 is 0 Å². The van der Waals surface area contributed by atoms with Crippen LogP contribution >= 0.6 is 12.4 Å². The highest BCUT2D eigenvalue weighted by molar-refractivity contribution is 6.29. The van der Waals surface area contributed by atoms with E-state index in [0.29, 0.717) is 34.6 Å². The van der Waals surface area contributed by atoms with Gasteiger partial charge in [-0.2, -0.15) is 0 Å². The summed E-state index contributed by atoms with van der Waals surface area (Å²) >= 11 is 0. The summed E-state index contributed by atoms with van der Waals surface area (Å²) < 4.78 is 5.86. The number of benzene rings is 2. The van der Waals surface area contributed by atoms with Gasteiger partial charge in [0.15, 0.2) is 11.6 Å². The van der Waals surface area contributed by atoms with Crippen molar-refractivity contribution in [3.05, 3.63) is 64.7 Å². The Labute approximate surface area is 154 Å². The maximum Gasteiger partial charge on any atom is 0.198 e. The van der Waals surface area contributed by atoms with Crippen LogP contribution < -0.4 is 4.74 Å². The lowest BCUT2D eigenvalue weighted by Crippen LogP contribution is -2.28. The number of ether oxygens (including phenoxy) is 1. The van der Waals surface area contributed by atoms with Crippen molar-refractivity contribution in [2.75, 3.05) is 26.2 Å². The third-order valence-electron chi connectivity index (χ3n) is 4.47. The van der Waals surface area contributed by atoms with Crippen LogP contribution in [-0.4, -0.2) is 42.7 Å². The molecule has 3 rings (SSSR count). The van der Waals surface area contributed by atoms with Crippen LogP contribution in [0.5, 0.6) is 5.75 Å². The molecule has 0 heterocycles. The van der Waals surface area contributed by atoms with E-state index in [1.807, 2.05) is 0 Å². The third-order valence-corrected chi connectivity index (χ3v) is 4.47. The minimum Gasteiger partial charge on any atom is -0.491 e. The van der Waals surface area contributed by atoms with Crippen LogP contribution in [0.1, 0.15) is 45.7 Å². The monoisotopic (exact) mass is 359 g/mol. The fraction of sp³-hybridized carbons (Fsp3) is 0.300. The topological polar surface area (TPSA) is 46.6 Å². The van der Waals surface area contributed by atoms with Crippen molar-refractivity contribution >= 4 is 24.0 Å². The zero-order valence-electron chi connectivity index (χ0n) is 14.5. The van der Waals surface area contributed by atoms with Crippen molar-refractivity contribution in [1.82, 2.24) is 4.90 Å². The van der Waals surface area contributed by atoms with Gasteiger partial charge in [0, 0.05) is 23.2 Å². The van der Waals surface area contributed by atoms with Gasteiger partial charge in [0.05, 0.1) is 5.56 Å². The van der Waals surface area contributed by atoms with Crippen LogP contribution in [0.15, 0.2) is 42.5 Å². The lowest BCUT2D eigenvalue weighted by Gasteiger charge is -2.22. The Hall–Kier alpha value is -2.17. The number of rotatable bonds is 6.